The Morgan fingerprint density at radius 2 is 2.19 bits per heavy atom. The van der Waals surface area contributed by atoms with Gasteiger partial charge < -0.3 is 4.98 Å². The summed E-state index contributed by atoms with van der Waals surface area (Å²) < 4.78 is 2.44. The Balaban J connectivity index is 2.21. The highest BCUT2D eigenvalue weighted by Gasteiger charge is 2.30. The topological polar surface area (TPSA) is 37.8 Å². The number of fused-ring (bicyclic) bond motifs is 1. The van der Waals surface area contributed by atoms with E-state index < -0.39 is 0 Å². The van der Waals surface area contributed by atoms with E-state index in [1.807, 2.05) is 23.3 Å². The molecule has 1 aliphatic carbocycles. The number of aromatic nitrogens is 2. The summed E-state index contributed by atoms with van der Waals surface area (Å²) in [6, 6.07) is 0.246. The summed E-state index contributed by atoms with van der Waals surface area (Å²) in [5.41, 5.74) is 1.20. The molecule has 0 aliphatic heterocycles. The zero-order valence-corrected chi connectivity index (χ0v) is 15.0. The predicted octanol–water partition coefficient (Wildman–Crippen LogP) is 4.58. The van der Waals surface area contributed by atoms with Gasteiger partial charge in [0.2, 0.25) is 0 Å². The van der Waals surface area contributed by atoms with E-state index in [-0.39, 0.29) is 11.6 Å². The quantitative estimate of drug-likeness (QED) is 0.831. The molecular weight excluding hydrogens is 320 g/mol. The van der Waals surface area contributed by atoms with Gasteiger partial charge in [-0.3, -0.25) is 9.36 Å². The Morgan fingerprint density at radius 1 is 1.43 bits per heavy atom. The van der Waals surface area contributed by atoms with Crippen LogP contribution in [0.5, 0.6) is 0 Å². The number of rotatable bonds is 3. The van der Waals surface area contributed by atoms with Gasteiger partial charge in [-0.2, -0.15) is 11.8 Å². The van der Waals surface area contributed by atoms with Crippen molar-refractivity contribution >= 4 is 45.5 Å². The van der Waals surface area contributed by atoms with Crippen LogP contribution in [0.3, 0.4) is 0 Å². The number of aromatic amines is 1. The molecule has 2 unspecified atom stereocenters. The number of thioether (sulfide) groups is 1. The average Bonchev–Trinajstić information content (AvgIpc) is 2.97. The molecule has 114 valence electrons. The van der Waals surface area contributed by atoms with Crippen LogP contribution >= 0.6 is 35.3 Å². The van der Waals surface area contributed by atoms with Gasteiger partial charge in [0.05, 0.1) is 11.4 Å². The molecule has 21 heavy (non-hydrogen) atoms. The van der Waals surface area contributed by atoms with E-state index in [1.54, 1.807) is 11.3 Å². The molecule has 2 heterocycles. The number of H-pyrrole nitrogens is 1. The molecule has 2 atom stereocenters. The summed E-state index contributed by atoms with van der Waals surface area (Å²) in [5, 5.41) is 1.35. The molecule has 2 aromatic heterocycles. The number of hydrogen-bond donors (Lipinski definition) is 1. The fourth-order valence-corrected chi connectivity index (χ4v) is 5.93. The third-order valence-corrected chi connectivity index (χ3v) is 7.12. The Labute approximate surface area is 137 Å². The van der Waals surface area contributed by atoms with Gasteiger partial charge in [0, 0.05) is 10.1 Å². The highest BCUT2D eigenvalue weighted by molar-refractivity contribution is 7.99. The molecule has 3 rings (SSSR count). The average molecular weight is 341 g/mol. The molecule has 3 nitrogen and oxygen atoms in total. The van der Waals surface area contributed by atoms with E-state index in [9.17, 15) is 4.79 Å². The van der Waals surface area contributed by atoms with Crippen molar-refractivity contribution in [2.45, 2.75) is 51.3 Å². The molecule has 6 heteroatoms. The van der Waals surface area contributed by atoms with Gasteiger partial charge in [-0.05, 0) is 50.2 Å². The lowest BCUT2D eigenvalue weighted by Crippen LogP contribution is -2.29. The maximum absolute atomic E-state index is 13.0. The van der Waals surface area contributed by atoms with E-state index in [0.29, 0.717) is 10.0 Å². The first-order chi connectivity index (χ1) is 10.0. The van der Waals surface area contributed by atoms with Crippen molar-refractivity contribution in [1.82, 2.24) is 9.55 Å². The molecule has 1 aliphatic rings. The number of nitrogens with one attached hydrogen (secondary N) is 1. The highest BCUT2D eigenvalue weighted by atomic mass is 32.2. The van der Waals surface area contributed by atoms with Gasteiger partial charge in [-0.1, -0.05) is 13.3 Å². The summed E-state index contributed by atoms with van der Waals surface area (Å²) in [7, 11) is 0. The molecular formula is C15H20N2OS3. The lowest BCUT2D eigenvalue weighted by Gasteiger charge is -2.21. The maximum atomic E-state index is 13.0. The number of thiophene rings is 1. The first kappa shape index (κ1) is 15.3. The minimum absolute atomic E-state index is 0.101. The fourth-order valence-electron chi connectivity index (χ4n) is 3.25. The zero-order valence-electron chi connectivity index (χ0n) is 12.6. The van der Waals surface area contributed by atoms with Gasteiger partial charge in [0.15, 0.2) is 4.77 Å². The Hall–Kier alpha value is -0.590. The van der Waals surface area contributed by atoms with Crippen LogP contribution in [-0.4, -0.2) is 20.6 Å². The second-order valence-corrected chi connectivity index (χ2v) is 8.71. The molecule has 2 aromatic rings. The highest BCUT2D eigenvalue weighted by Crippen LogP contribution is 2.38. The van der Waals surface area contributed by atoms with Crippen LogP contribution in [0.1, 0.15) is 42.7 Å². The second kappa shape index (κ2) is 5.89. The molecule has 0 amide bonds. The van der Waals surface area contributed by atoms with Crippen molar-refractivity contribution in [2.24, 2.45) is 0 Å². The van der Waals surface area contributed by atoms with Crippen molar-refractivity contribution in [3.63, 3.8) is 0 Å². The molecule has 0 saturated heterocycles. The lowest BCUT2D eigenvalue weighted by molar-refractivity contribution is 0.501. The van der Waals surface area contributed by atoms with E-state index in [1.165, 1.54) is 17.7 Å². The minimum atomic E-state index is 0.101. The molecule has 1 fully saturated rings. The predicted molar refractivity (Wildman–Crippen MR) is 95.6 cm³/mol. The van der Waals surface area contributed by atoms with Crippen molar-refractivity contribution in [3.05, 3.63) is 25.6 Å². The Bertz CT molecular complexity index is 787. The van der Waals surface area contributed by atoms with Crippen LogP contribution in [0.15, 0.2) is 4.79 Å². The summed E-state index contributed by atoms with van der Waals surface area (Å²) in [6.07, 6.45) is 3.43. The van der Waals surface area contributed by atoms with Crippen molar-refractivity contribution < 1.29 is 0 Å². The van der Waals surface area contributed by atoms with Crippen LogP contribution in [0.4, 0.5) is 0 Å². The molecule has 0 bridgehead atoms. The number of nitrogens with zero attached hydrogens (tertiary/aromatic N) is 1. The number of hydrogen-bond acceptors (Lipinski definition) is 4. The Kier molecular flexibility index (Phi) is 4.30. The largest absolute Gasteiger partial charge is 0.323 e. The molecule has 1 saturated carbocycles. The molecule has 0 aromatic carbocycles. The van der Waals surface area contributed by atoms with Gasteiger partial charge >= 0.3 is 0 Å². The van der Waals surface area contributed by atoms with Crippen molar-refractivity contribution in [1.29, 1.82) is 0 Å². The van der Waals surface area contributed by atoms with Crippen LogP contribution < -0.4 is 5.56 Å². The van der Waals surface area contributed by atoms with Crippen molar-refractivity contribution in [2.75, 3.05) is 5.75 Å². The van der Waals surface area contributed by atoms with E-state index in [2.05, 4.69) is 18.8 Å². The SMILES string of the molecule is CCSC1CCCC1n1c(=S)[nH]c2sc(C)c(C)c2c1=O. The van der Waals surface area contributed by atoms with E-state index >= 15 is 0 Å². The van der Waals surface area contributed by atoms with Crippen LogP contribution in [0, 0.1) is 18.6 Å². The van der Waals surface area contributed by atoms with Gasteiger partial charge in [0.1, 0.15) is 4.83 Å². The van der Waals surface area contributed by atoms with Crippen LogP contribution in [0.2, 0.25) is 0 Å². The Morgan fingerprint density at radius 3 is 2.90 bits per heavy atom. The molecule has 0 spiro atoms. The van der Waals surface area contributed by atoms with Gasteiger partial charge in [-0.15, -0.1) is 11.3 Å². The second-order valence-electron chi connectivity index (χ2n) is 5.58. The first-order valence-corrected chi connectivity index (χ1v) is 9.68. The summed E-state index contributed by atoms with van der Waals surface area (Å²) in [5.74, 6) is 1.09. The van der Waals surface area contributed by atoms with Crippen LogP contribution in [-0.2, 0) is 0 Å². The summed E-state index contributed by atoms with van der Waals surface area (Å²) in [4.78, 5) is 18.4. The van der Waals surface area contributed by atoms with Gasteiger partial charge in [-0.25, -0.2) is 0 Å². The van der Waals surface area contributed by atoms with E-state index in [0.717, 1.165) is 28.0 Å². The standard InChI is InChI=1S/C15H20N2OS3/c1-4-20-11-7-5-6-10(11)17-14(18)12-8(2)9(3)21-13(12)16-15(17)19/h10-11H,4-7H2,1-3H3,(H,16,19). The third-order valence-electron chi connectivity index (χ3n) is 4.39. The normalized spacial score (nSPS) is 22.2. The van der Waals surface area contributed by atoms with Gasteiger partial charge in [0.25, 0.3) is 5.56 Å². The maximum Gasteiger partial charge on any atom is 0.263 e. The first-order valence-electron chi connectivity index (χ1n) is 7.40. The molecule has 0 radical (unpaired) electrons. The fraction of sp³-hybridized carbons (Fsp3) is 0.600. The summed E-state index contributed by atoms with van der Waals surface area (Å²) >= 11 is 9.08. The third kappa shape index (κ3) is 2.51. The van der Waals surface area contributed by atoms with Crippen LogP contribution in [0.25, 0.3) is 10.2 Å². The monoisotopic (exact) mass is 340 g/mol. The summed E-state index contributed by atoms with van der Waals surface area (Å²) in [6.45, 7) is 6.27. The minimum Gasteiger partial charge on any atom is -0.323 e. The zero-order chi connectivity index (χ0) is 15.1. The molecule has 1 N–H and O–H groups in total. The number of aryl methyl sites for hydroxylation is 2. The smallest absolute Gasteiger partial charge is 0.263 e. The van der Waals surface area contributed by atoms with Crippen molar-refractivity contribution in [3.8, 4) is 0 Å². The van der Waals surface area contributed by atoms with E-state index in [4.69, 9.17) is 12.2 Å². The lowest BCUT2D eigenvalue weighted by atomic mass is 10.2.